The van der Waals surface area contributed by atoms with Gasteiger partial charge in [0.25, 0.3) is 0 Å². The molecule has 2 aromatic rings. The van der Waals surface area contributed by atoms with Crippen LogP contribution in [-0.4, -0.2) is 48.2 Å². The highest BCUT2D eigenvalue weighted by molar-refractivity contribution is 5.47. The van der Waals surface area contributed by atoms with E-state index in [4.69, 9.17) is 4.74 Å². The van der Waals surface area contributed by atoms with E-state index in [1.165, 1.54) is 6.20 Å². The van der Waals surface area contributed by atoms with Crippen molar-refractivity contribution in [1.29, 1.82) is 0 Å². The van der Waals surface area contributed by atoms with E-state index in [-0.39, 0.29) is 0 Å². The molecule has 1 saturated heterocycles. The number of hydrogen-bond donors (Lipinski definition) is 0. The Hall–Kier alpha value is -2.35. The number of nitrogens with zero attached hydrogens (tertiary/aromatic N) is 4. The minimum absolute atomic E-state index is 0.563. The van der Waals surface area contributed by atoms with Crippen LogP contribution < -0.4 is 9.64 Å². The summed E-state index contributed by atoms with van der Waals surface area (Å²) in [6, 6.07) is 6.57. The SMILES string of the molecule is COc1cc(CN2CCN(c3ccnc(C(F)(F)F)c3)CC2)ccn1. The molecule has 1 fully saturated rings. The first-order valence-corrected chi connectivity index (χ1v) is 7.95. The highest BCUT2D eigenvalue weighted by atomic mass is 19.4. The number of piperazine rings is 1. The van der Waals surface area contributed by atoms with Gasteiger partial charge in [-0.15, -0.1) is 0 Å². The van der Waals surface area contributed by atoms with Crippen LogP contribution in [0.4, 0.5) is 18.9 Å². The first kappa shape index (κ1) is 17.5. The maximum atomic E-state index is 12.8. The van der Waals surface area contributed by atoms with Gasteiger partial charge in [-0.2, -0.15) is 13.2 Å². The molecular weight excluding hydrogens is 333 g/mol. The van der Waals surface area contributed by atoms with Gasteiger partial charge in [-0.05, 0) is 23.8 Å². The van der Waals surface area contributed by atoms with Crippen LogP contribution in [0, 0.1) is 0 Å². The molecule has 5 nitrogen and oxygen atoms in total. The average Bonchev–Trinajstić information content (AvgIpc) is 2.62. The largest absolute Gasteiger partial charge is 0.481 e. The smallest absolute Gasteiger partial charge is 0.433 e. The van der Waals surface area contributed by atoms with Crippen molar-refractivity contribution in [3.63, 3.8) is 0 Å². The molecule has 1 aliphatic heterocycles. The lowest BCUT2D eigenvalue weighted by Gasteiger charge is -2.36. The van der Waals surface area contributed by atoms with Crippen LogP contribution in [0.25, 0.3) is 0 Å². The lowest BCUT2D eigenvalue weighted by Crippen LogP contribution is -2.46. The number of hydrogen-bond acceptors (Lipinski definition) is 5. The van der Waals surface area contributed by atoms with E-state index in [0.717, 1.165) is 31.3 Å². The van der Waals surface area contributed by atoms with Crippen molar-refractivity contribution < 1.29 is 17.9 Å². The van der Waals surface area contributed by atoms with Gasteiger partial charge in [0.05, 0.1) is 7.11 Å². The standard InChI is InChI=1S/C17H19F3N4O/c1-25-16-10-13(2-4-22-16)12-23-6-8-24(9-7-23)14-3-5-21-15(11-14)17(18,19)20/h2-5,10-11H,6-9,12H2,1H3. The number of halogens is 3. The Morgan fingerprint density at radius 2 is 1.76 bits per heavy atom. The zero-order chi connectivity index (χ0) is 17.9. The predicted molar refractivity (Wildman–Crippen MR) is 87.5 cm³/mol. The summed E-state index contributed by atoms with van der Waals surface area (Å²) in [5.74, 6) is 0.576. The highest BCUT2D eigenvalue weighted by Gasteiger charge is 2.33. The Morgan fingerprint density at radius 1 is 1.04 bits per heavy atom. The van der Waals surface area contributed by atoms with Crippen molar-refractivity contribution in [1.82, 2.24) is 14.9 Å². The third-order valence-electron chi connectivity index (χ3n) is 4.19. The Bertz CT molecular complexity index is 715. The van der Waals surface area contributed by atoms with Crippen molar-refractivity contribution in [2.45, 2.75) is 12.7 Å². The molecule has 0 radical (unpaired) electrons. The van der Waals surface area contributed by atoms with Gasteiger partial charge in [-0.3, -0.25) is 9.88 Å². The Balaban J connectivity index is 1.60. The normalized spacial score (nSPS) is 16.1. The Morgan fingerprint density at radius 3 is 2.44 bits per heavy atom. The van der Waals surface area contributed by atoms with Crippen LogP contribution in [0.15, 0.2) is 36.7 Å². The van der Waals surface area contributed by atoms with Crippen molar-refractivity contribution in [3.05, 3.63) is 47.9 Å². The zero-order valence-corrected chi connectivity index (χ0v) is 13.8. The molecule has 1 aliphatic rings. The van der Waals surface area contributed by atoms with Crippen molar-refractivity contribution in [2.24, 2.45) is 0 Å². The molecule has 0 amide bonds. The molecule has 0 unspecified atom stereocenters. The van der Waals surface area contributed by atoms with Gasteiger partial charge < -0.3 is 9.64 Å². The molecule has 3 heterocycles. The first-order chi connectivity index (χ1) is 12.0. The number of rotatable bonds is 4. The summed E-state index contributed by atoms with van der Waals surface area (Å²) in [6.45, 7) is 3.65. The molecule has 134 valence electrons. The number of aromatic nitrogens is 2. The Labute approximate surface area is 144 Å². The van der Waals surface area contributed by atoms with Gasteiger partial charge in [0.1, 0.15) is 5.69 Å². The number of alkyl halides is 3. The number of pyridine rings is 2. The molecule has 0 spiro atoms. The van der Waals surface area contributed by atoms with Gasteiger partial charge >= 0.3 is 6.18 Å². The van der Waals surface area contributed by atoms with Gasteiger partial charge in [0, 0.05) is 56.9 Å². The monoisotopic (exact) mass is 352 g/mol. The van der Waals surface area contributed by atoms with E-state index in [1.807, 2.05) is 17.0 Å². The van der Waals surface area contributed by atoms with E-state index in [9.17, 15) is 13.2 Å². The van der Waals surface area contributed by atoms with Gasteiger partial charge in [-0.1, -0.05) is 0 Å². The zero-order valence-electron chi connectivity index (χ0n) is 13.8. The van der Waals surface area contributed by atoms with E-state index in [0.29, 0.717) is 24.7 Å². The molecule has 0 atom stereocenters. The molecule has 0 N–H and O–H groups in total. The van der Waals surface area contributed by atoms with Gasteiger partial charge in [-0.25, -0.2) is 4.98 Å². The third-order valence-corrected chi connectivity index (χ3v) is 4.19. The molecular formula is C17H19F3N4O. The highest BCUT2D eigenvalue weighted by Crippen LogP contribution is 2.30. The molecule has 25 heavy (non-hydrogen) atoms. The van der Waals surface area contributed by atoms with Crippen LogP contribution in [0.5, 0.6) is 5.88 Å². The van der Waals surface area contributed by atoms with E-state index < -0.39 is 11.9 Å². The fourth-order valence-electron chi connectivity index (χ4n) is 2.85. The van der Waals surface area contributed by atoms with Crippen molar-refractivity contribution >= 4 is 5.69 Å². The molecule has 8 heteroatoms. The summed E-state index contributed by atoms with van der Waals surface area (Å²) >= 11 is 0. The molecule has 0 aromatic carbocycles. The predicted octanol–water partition coefficient (Wildman–Crippen LogP) is 2.83. The summed E-state index contributed by atoms with van der Waals surface area (Å²) in [6.07, 6.45) is -1.49. The lowest BCUT2D eigenvalue weighted by molar-refractivity contribution is -0.141. The van der Waals surface area contributed by atoms with E-state index in [1.54, 1.807) is 19.4 Å². The van der Waals surface area contributed by atoms with Crippen molar-refractivity contribution in [3.8, 4) is 5.88 Å². The lowest BCUT2D eigenvalue weighted by atomic mass is 10.2. The number of ether oxygens (including phenoxy) is 1. The van der Waals surface area contributed by atoms with Crippen LogP contribution in [0.1, 0.15) is 11.3 Å². The van der Waals surface area contributed by atoms with E-state index in [2.05, 4.69) is 14.9 Å². The van der Waals surface area contributed by atoms with Crippen LogP contribution in [-0.2, 0) is 12.7 Å². The molecule has 0 aliphatic carbocycles. The van der Waals surface area contributed by atoms with Gasteiger partial charge in [0.15, 0.2) is 0 Å². The second-order valence-corrected chi connectivity index (χ2v) is 5.87. The summed E-state index contributed by atoms with van der Waals surface area (Å²) < 4.78 is 43.5. The maximum Gasteiger partial charge on any atom is 0.433 e. The maximum absolute atomic E-state index is 12.8. The summed E-state index contributed by atoms with van der Waals surface area (Å²) in [7, 11) is 1.58. The quantitative estimate of drug-likeness (QED) is 0.846. The molecule has 0 bridgehead atoms. The topological polar surface area (TPSA) is 41.5 Å². The third kappa shape index (κ3) is 4.39. The minimum Gasteiger partial charge on any atom is -0.481 e. The summed E-state index contributed by atoms with van der Waals surface area (Å²) in [4.78, 5) is 11.7. The van der Waals surface area contributed by atoms with E-state index >= 15 is 0 Å². The summed E-state index contributed by atoms with van der Waals surface area (Å²) in [5.41, 5.74) is 0.812. The Kier molecular flexibility index (Phi) is 5.08. The molecule has 0 saturated carbocycles. The second kappa shape index (κ2) is 7.26. The minimum atomic E-state index is -4.42. The summed E-state index contributed by atoms with van der Waals surface area (Å²) in [5, 5.41) is 0. The van der Waals surface area contributed by atoms with Gasteiger partial charge in [0.2, 0.25) is 5.88 Å². The number of methoxy groups -OCH3 is 1. The first-order valence-electron chi connectivity index (χ1n) is 7.95. The van der Waals surface area contributed by atoms with Crippen molar-refractivity contribution in [2.75, 3.05) is 38.2 Å². The van der Waals surface area contributed by atoms with Crippen LogP contribution in [0.3, 0.4) is 0 Å². The molecule has 2 aromatic heterocycles. The second-order valence-electron chi connectivity index (χ2n) is 5.87. The fraction of sp³-hybridized carbons (Fsp3) is 0.412. The van der Waals surface area contributed by atoms with Crippen LogP contribution >= 0.6 is 0 Å². The number of anilines is 1. The fourth-order valence-corrected chi connectivity index (χ4v) is 2.85. The average molecular weight is 352 g/mol. The van der Waals surface area contributed by atoms with Crippen LogP contribution in [0.2, 0.25) is 0 Å². The molecule has 3 rings (SSSR count).